The molecule has 3 heterocycles. The van der Waals surface area contributed by atoms with Gasteiger partial charge >= 0.3 is 0 Å². The average Bonchev–Trinajstić information content (AvgIpc) is 3.05. The van der Waals surface area contributed by atoms with E-state index in [0.29, 0.717) is 0 Å². The van der Waals surface area contributed by atoms with Crippen molar-refractivity contribution in [3.63, 3.8) is 0 Å². The largest absolute Gasteiger partial charge is 0.423 e. The number of oxazole rings is 1. The van der Waals surface area contributed by atoms with Crippen molar-refractivity contribution in [1.82, 2.24) is 14.8 Å². The van der Waals surface area contributed by atoms with Gasteiger partial charge in [0.2, 0.25) is 0 Å². The molecule has 23 heavy (non-hydrogen) atoms. The van der Waals surface area contributed by atoms with Gasteiger partial charge in [0.15, 0.2) is 5.58 Å². The Morgan fingerprint density at radius 3 is 2.30 bits per heavy atom. The molecule has 0 saturated carbocycles. The second kappa shape index (κ2) is 6.86. The number of para-hydroxylation sites is 2. The quantitative estimate of drug-likeness (QED) is 0.847. The fraction of sp³-hybridized carbons (Fsp3) is 0.588. The van der Waals surface area contributed by atoms with Gasteiger partial charge < -0.3 is 14.1 Å². The lowest BCUT2D eigenvalue weighted by Crippen LogP contribution is -2.49. The Labute approximate surface area is 136 Å². The molecule has 124 valence electrons. The van der Waals surface area contributed by atoms with E-state index in [9.17, 15) is 0 Å². The van der Waals surface area contributed by atoms with Gasteiger partial charge in [-0.15, -0.1) is 0 Å². The smallest absolute Gasteiger partial charge is 0.298 e. The Kier molecular flexibility index (Phi) is 4.46. The number of hydrogen-bond acceptors (Lipinski definition) is 6. The molecule has 6 heteroatoms. The highest BCUT2D eigenvalue weighted by atomic mass is 16.5. The van der Waals surface area contributed by atoms with Gasteiger partial charge in [-0.05, 0) is 12.1 Å². The van der Waals surface area contributed by atoms with Crippen LogP contribution in [0.3, 0.4) is 0 Å². The van der Waals surface area contributed by atoms with Gasteiger partial charge in [0.05, 0.1) is 13.2 Å². The minimum Gasteiger partial charge on any atom is -0.423 e. The maximum absolute atomic E-state index is 5.87. The van der Waals surface area contributed by atoms with Crippen LogP contribution in [0, 0.1) is 0 Å². The van der Waals surface area contributed by atoms with Gasteiger partial charge in [0, 0.05) is 52.4 Å². The predicted molar refractivity (Wildman–Crippen MR) is 89.9 cm³/mol. The van der Waals surface area contributed by atoms with Crippen LogP contribution in [0.5, 0.6) is 0 Å². The Morgan fingerprint density at radius 2 is 1.57 bits per heavy atom. The van der Waals surface area contributed by atoms with Crippen LogP contribution in [-0.4, -0.2) is 80.4 Å². The fourth-order valence-electron chi connectivity index (χ4n) is 3.27. The molecule has 0 amide bonds. The molecular weight excluding hydrogens is 292 g/mol. The van der Waals surface area contributed by atoms with Crippen molar-refractivity contribution in [2.24, 2.45) is 0 Å². The SMILES string of the molecule is c1ccc2oc(N3CCN(CCN4CCOCC4)CC3)nc2c1. The highest BCUT2D eigenvalue weighted by molar-refractivity contribution is 5.74. The third-order valence-electron chi connectivity index (χ3n) is 4.76. The summed E-state index contributed by atoms with van der Waals surface area (Å²) in [4.78, 5) is 11.9. The van der Waals surface area contributed by atoms with E-state index in [1.807, 2.05) is 24.3 Å². The number of hydrogen-bond donors (Lipinski definition) is 0. The summed E-state index contributed by atoms with van der Waals surface area (Å²) in [7, 11) is 0. The normalized spacial score (nSPS) is 21.1. The van der Waals surface area contributed by atoms with Crippen molar-refractivity contribution in [2.75, 3.05) is 70.5 Å². The van der Waals surface area contributed by atoms with Crippen LogP contribution in [0.1, 0.15) is 0 Å². The standard InChI is InChI=1S/C17H24N4O2/c1-2-4-16-15(3-1)18-17(23-16)21-9-7-19(8-10-21)5-6-20-11-13-22-14-12-20/h1-4H,5-14H2. The molecule has 0 unspecified atom stereocenters. The molecule has 2 fully saturated rings. The number of benzene rings is 1. The van der Waals surface area contributed by atoms with E-state index in [0.717, 1.165) is 82.7 Å². The monoisotopic (exact) mass is 316 g/mol. The molecule has 2 aliphatic rings. The second-order valence-electron chi connectivity index (χ2n) is 6.25. The number of morpholine rings is 1. The molecule has 2 aliphatic heterocycles. The molecule has 6 nitrogen and oxygen atoms in total. The van der Waals surface area contributed by atoms with E-state index in [1.54, 1.807) is 0 Å². The zero-order valence-corrected chi connectivity index (χ0v) is 13.5. The highest BCUT2D eigenvalue weighted by Crippen LogP contribution is 2.22. The number of ether oxygens (including phenoxy) is 1. The summed E-state index contributed by atoms with van der Waals surface area (Å²) in [6.45, 7) is 10.3. The third kappa shape index (κ3) is 3.49. The van der Waals surface area contributed by atoms with Crippen molar-refractivity contribution in [3.8, 4) is 0 Å². The topological polar surface area (TPSA) is 45.0 Å². The molecule has 0 radical (unpaired) electrons. The van der Waals surface area contributed by atoms with Gasteiger partial charge in [-0.25, -0.2) is 0 Å². The van der Waals surface area contributed by atoms with Crippen molar-refractivity contribution < 1.29 is 9.15 Å². The maximum atomic E-state index is 5.87. The summed E-state index contributed by atoms with van der Waals surface area (Å²) in [5, 5.41) is 0. The van der Waals surface area contributed by atoms with Crippen molar-refractivity contribution in [3.05, 3.63) is 24.3 Å². The number of piperazine rings is 1. The second-order valence-corrected chi connectivity index (χ2v) is 6.25. The van der Waals surface area contributed by atoms with E-state index in [1.165, 1.54) is 0 Å². The molecule has 4 rings (SSSR count). The molecule has 2 aromatic rings. The van der Waals surface area contributed by atoms with Gasteiger partial charge in [0.1, 0.15) is 5.52 Å². The van der Waals surface area contributed by atoms with E-state index < -0.39 is 0 Å². The minimum atomic E-state index is 0.763. The minimum absolute atomic E-state index is 0.763. The number of fused-ring (bicyclic) bond motifs is 1. The first-order chi connectivity index (χ1) is 11.4. The van der Waals surface area contributed by atoms with E-state index in [-0.39, 0.29) is 0 Å². The first kappa shape index (κ1) is 14.9. The van der Waals surface area contributed by atoms with E-state index in [2.05, 4.69) is 19.7 Å². The Morgan fingerprint density at radius 1 is 0.870 bits per heavy atom. The first-order valence-electron chi connectivity index (χ1n) is 8.51. The molecule has 0 N–H and O–H groups in total. The fourth-order valence-corrected chi connectivity index (χ4v) is 3.27. The summed E-state index contributed by atoms with van der Waals surface area (Å²) in [6, 6.07) is 8.73. The van der Waals surface area contributed by atoms with Crippen LogP contribution in [0.15, 0.2) is 28.7 Å². The van der Waals surface area contributed by atoms with Crippen molar-refractivity contribution in [2.45, 2.75) is 0 Å². The maximum Gasteiger partial charge on any atom is 0.298 e. The van der Waals surface area contributed by atoms with Crippen LogP contribution in [0.2, 0.25) is 0 Å². The molecule has 2 saturated heterocycles. The van der Waals surface area contributed by atoms with Gasteiger partial charge in [-0.2, -0.15) is 4.98 Å². The Bertz CT molecular complexity index is 597. The Hall–Kier alpha value is -1.63. The van der Waals surface area contributed by atoms with Crippen molar-refractivity contribution in [1.29, 1.82) is 0 Å². The summed E-state index contributed by atoms with van der Waals surface area (Å²) in [5.74, 6) is 0. The number of nitrogens with zero attached hydrogens (tertiary/aromatic N) is 4. The predicted octanol–water partition coefficient (Wildman–Crippen LogP) is 1.28. The number of rotatable bonds is 4. The van der Waals surface area contributed by atoms with Gasteiger partial charge in [0.25, 0.3) is 6.01 Å². The summed E-state index contributed by atoms with van der Waals surface area (Å²) < 4.78 is 11.3. The molecule has 1 aromatic carbocycles. The molecule has 0 atom stereocenters. The lowest BCUT2D eigenvalue weighted by atomic mass is 10.3. The van der Waals surface area contributed by atoms with E-state index >= 15 is 0 Å². The van der Waals surface area contributed by atoms with Crippen LogP contribution >= 0.6 is 0 Å². The molecule has 0 spiro atoms. The summed E-state index contributed by atoms with van der Waals surface area (Å²) in [6.07, 6.45) is 0. The van der Waals surface area contributed by atoms with Crippen molar-refractivity contribution >= 4 is 17.1 Å². The zero-order valence-electron chi connectivity index (χ0n) is 13.5. The van der Waals surface area contributed by atoms with Gasteiger partial charge in [-0.1, -0.05) is 12.1 Å². The molecule has 0 aliphatic carbocycles. The third-order valence-corrected chi connectivity index (χ3v) is 4.76. The van der Waals surface area contributed by atoms with E-state index in [4.69, 9.17) is 9.15 Å². The average molecular weight is 316 g/mol. The van der Waals surface area contributed by atoms with Gasteiger partial charge in [-0.3, -0.25) is 9.80 Å². The number of anilines is 1. The zero-order chi connectivity index (χ0) is 15.5. The van der Waals surface area contributed by atoms with Crippen LogP contribution in [0.4, 0.5) is 6.01 Å². The first-order valence-corrected chi connectivity index (χ1v) is 8.51. The highest BCUT2D eigenvalue weighted by Gasteiger charge is 2.21. The number of aromatic nitrogens is 1. The lowest BCUT2D eigenvalue weighted by molar-refractivity contribution is 0.0330. The van der Waals surface area contributed by atoms with Crippen LogP contribution in [0.25, 0.3) is 11.1 Å². The summed E-state index contributed by atoms with van der Waals surface area (Å²) in [5.41, 5.74) is 1.81. The molecule has 1 aromatic heterocycles. The van der Waals surface area contributed by atoms with Crippen LogP contribution in [-0.2, 0) is 4.74 Å². The molecule has 0 bridgehead atoms. The lowest BCUT2D eigenvalue weighted by Gasteiger charge is -2.35. The summed E-state index contributed by atoms with van der Waals surface area (Å²) >= 11 is 0. The Balaban J connectivity index is 1.28. The molecular formula is C17H24N4O2. The van der Waals surface area contributed by atoms with Crippen LogP contribution < -0.4 is 4.90 Å².